The molecule has 2 aromatic rings. The van der Waals surface area contributed by atoms with Crippen molar-refractivity contribution in [3.63, 3.8) is 0 Å². The molecule has 1 aliphatic rings. The summed E-state index contributed by atoms with van der Waals surface area (Å²) < 4.78 is 31.9. The first-order chi connectivity index (χ1) is 10.9. The third-order valence-corrected chi connectivity index (χ3v) is 5.59. The average Bonchev–Trinajstić information content (AvgIpc) is 2.94. The van der Waals surface area contributed by atoms with E-state index in [1.165, 1.54) is 12.1 Å². The Kier molecular flexibility index (Phi) is 4.41. The third kappa shape index (κ3) is 3.55. The first-order valence-corrected chi connectivity index (χ1v) is 9.12. The molecular weight excluding hydrogens is 340 g/mol. The number of hydrogen-bond acceptors (Lipinski definition) is 6. The average molecular weight is 357 g/mol. The van der Waals surface area contributed by atoms with Crippen molar-refractivity contribution < 1.29 is 12.9 Å². The van der Waals surface area contributed by atoms with Gasteiger partial charge < -0.3 is 10.3 Å². The van der Waals surface area contributed by atoms with E-state index in [9.17, 15) is 8.42 Å². The Morgan fingerprint density at radius 2 is 2.17 bits per heavy atom. The van der Waals surface area contributed by atoms with Crippen molar-refractivity contribution >= 4 is 21.6 Å². The molecule has 9 heteroatoms. The van der Waals surface area contributed by atoms with Crippen LogP contribution in [-0.4, -0.2) is 25.1 Å². The third-order valence-electron chi connectivity index (χ3n) is 3.90. The van der Waals surface area contributed by atoms with Gasteiger partial charge in [0.2, 0.25) is 15.9 Å². The highest BCUT2D eigenvalue weighted by molar-refractivity contribution is 7.89. The zero-order valence-corrected chi connectivity index (χ0v) is 13.9. The molecule has 0 bridgehead atoms. The van der Waals surface area contributed by atoms with Crippen LogP contribution in [0.1, 0.15) is 31.0 Å². The topological polar surface area (TPSA) is 111 Å². The van der Waals surface area contributed by atoms with Gasteiger partial charge in [0.05, 0.1) is 10.4 Å². The molecule has 3 N–H and O–H groups in total. The Bertz CT molecular complexity index is 802. The van der Waals surface area contributed by atoms with Gasteiger partial charge in [0, 0.05) is 18.0 Å². The van der Waals surface area contributed by atoms with Crippen LogP contribution in [0.3, 0.4) is 0 Å². The second kappa shape index (κ2) is 6.20. The van der Waals surface area contributed by atoms with E-state index in [1.807, 2.05) is 0 Å². The summed E-state index contributed by atoms with van der Waals surface area (Å²) in [6.07, 6.45) is 3.03. The van der Waals surface area contributed by atoms with Crippen molar-refractivity contribution in [1.29, 1.82) is 0 Å². The number of nitrogens with two attached hydrogens (primary N) is 1. The minimum Gasteiger partial charge on any atom is -0.339 e. The van der Waals surface area contributed by atoms with Crippen LogP contribution in [0, 0.1) is 0 Å². The maximum atomic E-state index is 12.1. The van der Waals surface area contributed by atoms with Gasteiger partial charge in [0.1, 0.15) is 0 Å². The smallest absolute Gasteiger partial charge is 0.240 e. The molecule has 0 atom stereocenters. The largest absolute Gasteiger partial charge is 0.339 e. The number of nitrogens with zero attached hydrogens (tertiary/aromatic N) is 2. The summed E-state index contributed by atoms with van der Waals surface area (Å²) >= 11 is 5.81. The van der Waals surface area contributed by atoms with Crippen LogP contribution >= 0.6 is 11.6 Å². The molecular formula is C14H17ClN4O3S. The molecule has 1 heterocycles. The molecule has 0 amide bonds. The van der Waals surface area contributed by atoms with E-state index in [4.69, 9.17) is 21.9 Å². The molecule has 1 aromatic heterocycles. The van der Waals surface area contributed by atoms with E-state index in [2.05, 4.69) is 14.9 Å². The van der Waals surface area contributed by atoms with Gasteiger partial charge in [0.15, 0.2) is 5.82 Å². The van der Waals surface area contributed by atoms with Gasteiger partial charge in [-0.15, -0.1) is 0 Å². The summed E-state index contributed by atoms with van der Waals surface area (Å²) in [5.41, 5.74) is 5.63. The lowest BCUT2D eigenvalue weighted by Gasteiger charge is -2.34. The maximum absolute atomic E-state index is 12.1. The monoisotopic (exact) mass is 356 g/mol. The predicted molar refractivity (Wildman–Crippen MR) is 84.4 cm³/mol. The molecule has 124 valence electrons. The van der Waals surface area contributed by atoms with Crippen LogP contribution < -0.4 is 10.5 Å². The summed E-state index contributed by atoms with van der Waals surface area (Å²) in [5.74, 6) is 0.863. The van der Waals surface area contributed by atoms with Gasteiger partial charge in [-0.2, -0.15) is 4.98 Å². The number of benzene rings is 1. The molecule has 3 rings (SSSR count). The fourth-order valence-electron chi connectivity index (χ4n) is 2.35. The molecule has 1 fully saturated rings. The Hall–Kier alpha value is -1.48. The highest BCUT2D eigenvalue weighted by Crippen LogP contribution is 2.36. The van der Waals surface area contributed by atoms with Gasteiger partial charge >= 0.3 is 0 Å². The Labute approximate surface area is 139 Å². The molecule has 23 heavy (non-hydrogen) atoms. The lowest BCUT2D eigenvalue weighted by Crippen LogP contribution is -2.44. The number of hydrogen-bond donors (Lipinski definition) is 2. The first kappa shape index (κ1) is 16.4. The minimum absolute atomic E-state index is 0.117. The van der Waals surface area contributed by atoms with Gasteiger partial charge in [-0.1, -0.05) is 22.8 Å². The van der Waals surface area contributed by atoms with Crippen molar-refractivity contribution in [1.82, 2.24) is 14.9 Å². The second-order valence-electron chi connectivity index (χ2n) is 5.63. The minimum atomic E-state index is -3.62. The molecule has 0 spiro atoms. The number of nitrogens with one attached hydrogen (secondary N) is 1. The number of rotatable bonds is 6. The Morgan fingerprint density at radius 1 is 1.39 bits per heavy atom. The van der Waals surface area contributed by atoms with Crippen molar-refractivity contribution in [3.05, 3.63) is 41.0 Å². The van der Waals surface area contributed by atoms with Gasteiger partial charge in [0.25, 0.3) is 0 Å². The zero-order chi connectivity index (χ0) is 16.5. The SMILES string of the molecule is NC1(c2noc(CCNS(=O)(=O)c3cccc(Cl)c3)n2)CCC1. The number of sulfonamides is 1. The van der Waals surface area contributed by atoms with E-state index in [-0.39, 0.29) is 11.4 Å². The van der Waals surface area contributed by atoms with E-state index >= 15 is 0 Å². The summed E-state index contributed by atoms with van der Waals surface area (Å²) in [7, 11) is -3.62. The van der Waals surface area contributed by atoms with Gasteiger partial charge in [-0.05, 0) is 37.5 Å². The Morgan fingerprint density at radius 3 is 2.83 bits per heavy atom. The second-order valence-corrected chi connectivity index (χ2v) is 7.83. The van der Waals surface area contributed by atoms with Crippen molar-refractivity contribution in [2.75, 3.05) is 6.54 Å². The van der Waals surface area contributed by atoms with Crippen molar-refractivity contribution in [2.24, 2.45) is 5.73 Å². The lowest BCUT2D eigenvalue weighted by molar-refractivity contribution is 0.229. The fraction of sp³-hybridized carbons (Fsp3) is 0.429. The first-order valence-electron chi connectivity index (χ1n) is 7.26. The standard InChI is InChI=1S/C14H17ClN4O3S/c15-10-3-1-4-11(9-10)23(20,21)17-8-5-12-18-13(19-22-12)14(16)6-2-7-14/h1,3-4,9,17H,2,5-8,16H2. The summed E-state index contributed by atoms with van der Waals surface area (Å²) in [6, 6.07) is 6.07. The highest BCUT2D eigenvalue weighted by Gasteiger charge is 2.38. The highest BCUT2D eigenvalue weighted by atomic mass is 35.5. The van der Waals surface area contributed by atoms with Crippen LogP contribution in [0.5, 0.6) is 0 Å². The van der Waals surface area contributed by atoms with Crippen LogP contribution in [0.4, 0.5) is 0 Å². The number of aromatic nitrogens is 2. The zero-order valence-electron chi connectivity index (χ0n) is 12.3. The van der Waals surface area contributed by atoms with E-state index < -0.39 is 15.6 Å². The van der Waals surface area contributed by atoms with Crippen LogP contribution in [-0.2, 0) is 22.0 Å². The van der Waals surface area contributed by atoms with Gasteiger partial charge in [-0.25, -0.2) is 13.1 Å². The summed E-state index contributed by atoms with van der Waals surface area (Å²) in [6.45, 7) is 0.147. The van der Waals surface area contributed by atoms with Crippen LogP contribution in [0.2, 0.25) is 5.02 Å². The lowest BCUT2D eigenvalue weighted by atomic mass is 9.77. The van der Waals surface area contributed by atoms with Gasteiger partial charge in [-0.3, -0.25) is 0 Å². The van der Waals surface area contributed by atoms with Crippen molar-refractivity contribution in [3.8, 4) is 0 Å². The van der Waals surface area contributed by atoms with Crippen LogP contribution in [0.25, 0.3) is 0 Å². The predicted octanol–water partition coefficient (Wildman–Crippen LogP) is 1.58. The normalized spacial score (nSPS) is 17.0. The Balaban J connectivity index is 1.59. The van der Waals surface area contributed by atoms with Crippen molar-refractivity contribution in [2.45, 2.75) is 36.1 Å². The van der Waals surface area contributed by atoms with E-state index in [0.717, 1.165) is 19.3 Å². The fourth-order valence-corrected chi connectivity index (χ4v) is 3.68. The molecule has 0 saturated heterocycles. The molecule has 1 aromatic carbocycles. The van der Waals surface area contributed by atoms with E-state index in [1.54, 1.807) is 12.1 Å². The molecule has 0 radical (unpaired) electrons. The molecule has 7 nitrogen and oxygen atoms in total. The molecule has 0 aliphatic heterocycles. The summed E-state index contributed by atoms with van der Waals surface area (Å²) in [4.78, 5) is 4.37. The number of halogens is 1. The van der Waals surface area contributed by atoms with E-state index in [0.29, 0.717) is 23.2 Å². The molecule has 0 unspecified atom stereocenters. The maximum Gasteiger partial charge on any atom is 0.240 e. The molecule has 1 aliphatic carbocycles. The summed E-state index contributed by atoms with van der Waals surface area (Å²) in [5, 5.41) is 4.25. The molecule has 1 saturated carbocycles. The quantitative estimate of drug-likeness (QED) is 0.812. The van der Waals surface area contributed by atoms with Crippen LogP contribution in [0.15, 0.2) is 33.7 Å².